The van der Waals surface area contributed by atoms with E-state index in [1.807, 2.05) is 0 Å². The van der Waals surface area contributed by atoms with Crippen molar-refractivity contribution in [3.05, 3.63) is 66.8 Å². The zero-order valence-corrected chi connectivity index (χ0v) is 14.1. The third-order valence-electron chi connectivity index (χ3n) is 4.40. The van der Waals surface area contributed by atoms with E-state index in [-0.39, 0.29) is 6.03 Å². The van der Waals surface area contributed by atoms with E-state index in [1.165, 1.54) is 21.8 Å². The van der Waals surface area contributed by atoms with Gasteiger partial charge in [0.1, 0.15) is 11.5 Å². The third kappa shape index (κ3) is 2.91. The Hall–Kier alpha value is -3.68. The number of hydrogen-bond donors (Lipinski definition) is 1. The summed E-state index contributed by atoms with van der Waals surface area (Å²) < 4.78 is 15.7. The number of carbonyl (C=O) groups excluding carboxylic acids is 1. The van der Waals surface area contributed by atoms with Crippen LogP contribution in [0.15, 0.2) is 60.9 Å². The SMILES string of the molecule is O=C(O)/C=C\N1CCN(c2cccc3c2cnn3-c2ccccc2F)C1=O. The Labute approximate surface area is 153 Å². The Morgan fingerprint density at radius 1 is 1.11 bits per heavy atom. The Balaban J connectivity index is 1.73. The van der Waals surface area contributed by atoms with Gasteiger partial charge in [-0.15, -0.1) is 0 Å². The summed E-state index contributed by atoms with van der Waals surface area (Å²) in [6.45, 7) is 0.785. The molecule has 7 nitrogen and oxygen atoms in total. The smallest absolute Gasteiger partial charge is 0.329 e. The van der Waals surface area contributed by atoms with E-state index in [4.69, 9.17) is 5.11 Å². The minimum Gasteiger partial charge on any atom is -0.478 e. The van der Waals surface area contributed by atoms with Crippen molar-refractivity contribution in [3.8, 4) is 5.69 Å². The summed E-state index contributed by atoms with van der Waals surface area (Å²) in [4.78, 5) is 26.2. The molecule has 136 valence electrons. The fourth-order valence-electron chi connectivity index (χ4n) is 3.16. The van der Waals surface area contributed by atoms with Crippen LogP contribution in [0.4, 0.5) is 14.9 Å². The highest BCUT2D eigenvalue weighted by Gasteiger charge is 2.29. The molecule has 8 heteroatoms. The highest BCUT2D eigenvalue weighted by atomic mass is 19.1. The second-order valence-electron chi connectivity index (χ2n) is 6.00. The van der Waals surface area contributed by atoms with Crippen molar-refractivity contribution in [3.63, 3.8) is 0 Å². The molecule has 1 N–H and O–H groups in total. The number of para-hydroxylation sites is 1. The number of anilines is 1. The van der Waals surface area contributed by atoms with Gasteiger partial charge in [-0.2, -0.15) is 5.10 Å². The number of carbonyl (C=O) groups is 2. The molecule has 1 aliphatic rings. The Morgan fingerprint density at radius 2 is 1.89 bits per heavy atom. The number of benzene rings is 2. The number of aromatic nitrogens is 2. The maximum absolute atomic E-state index is 14.2. The summed E-state index contributed by atoms with van der Waals surface area (Å²) in [6, 6.07) is 11.4. The van der Waals surface area contributed by atoms with E-state index in [2.05, 4.69) is 5.10 Å². The number of nitrogens with zero attached hydrogens (tertiary/aromatic N) is 4. The average molecular weight is 366 g/mol. The third-order valence-corrected chi connectivity index (χ3v) is 4.40. The molecule has 2 heterocycles. The molecular weight excluding hydrogens is 351 g/mol. The van der Waals surface area contributed by atoms with Crippen molar-refractivity contribution in [1.82, 2.24) is 14.7 Å². The summed E-state index contributed by atoms with van der Waals surface area (Å²) >= 11 is 0. The fraction of sp³-hybridized carbons (Fsp3) is 0.105. The second-order valence-corrected chi connectivity index (χ2v) is 6.00. The van der Waals surface area contributed by atoms with Crippen molar-refractivity contribution >= 4 is 28.6 Å². The number of carboxylic acid groups (broad SMARTS) is 1. The molecule has 27 heavy (non-hydrogen) atoms. The molecule has 0 radical (unpaired) electrons. The molecule has 0 spiro atoms. The molecular formula is C19H15FN4O3. The van der Waals surface area contributed by atoms with Gasteiger partial charge in [-0.3, -0.25) is 9.80 Å². The minimum atomic E-state index is -1.12. The zero-order chi connectivity index (χ0) is 19.0. The molecule has 3 aromatic rings. The minimum absolute atomic E-state index is 0.321. The van der Waals surface area contributed by atoms with Crippen molar-refractivity contribution in [2.75, 3.05) is 18.0 Å². The van der Waals surface area contributed by atoms with Gasteiger partial charge in [0, 0.05) is 30.8 Å². The number of amides is 2. The molecule has 0 unspecified atom stereocenters. The van der Waals surface area contributed by atoms with Crippen molar-refractivity contribution in [2.45, 2.75) is 0 Å². The van der Waals surface area contributed by atoms with Gasteiger partial charge >= 0.3 is 12.0 Å². The van der Waals surface area contributed by atoms with E-state index in [9.17, 15) is 14.0 Å². The first-order chi connectivity index (χ1) is 13.1. The number of carboxylic acids is 1. The Bertz CT molecular complexity index is 1080. The van der Waals surface area contributed by atoms with Crippen molar-refractivity contribution < 1.29 is 19.1 Å². The molecule has 4 rings (SSSR count). The highest BCUT2D eigenvalue weighted by molar-refractivity contribution is 6.04. The quantitative estimate of drug-likeness (QED) is 0.720. The summed E-state index contributed by atoms with van der Waals surface area (Å²) in [5, 5.41) is 13.7. The highest BCUT2D eigenvalue weighted by Crippen LogP contribution is 2.31. The predicted molar refractivity (Wildman–Crippen MR) is 97.3 cm³/mol. The Kier molecular flexibility index (Phi) is 4.08. The van der Waals surface area contributed by atoms with Crippen LogP contribution in [-0.2, 0) is 4.79 Å². The van der Waals surface area contributed by atoms with Crippen molar-refractivity contribution in [1.29, 1.82) is 0 Å². The normalized spacial score (nSPS) is 14.6. The van der Waals surface area contributed by atoms with E-state index < -0.39 is 11.8 Å². The monoisotopic (exact) mass is 366 g/mol. The molecule has 1 saturated heterocycles. The van der Waals surface area contributed by atoms with Crippen LogP contribution in [0.5, 0.6) is 0 Å². The molecule has 0 bridgehead atoms. The second kappa shape index (κ2) is 6.56. The largest absolute Gasteiger partial charge is 0.478 e. The van der Waals surface area contributed by atoms with Crippen LogP contribution in [0.3, 0.4) is 0 Å². The van der Waals surface area contributed by atoms with Gasteiger partial charge < -0.3 is 5.11 Å². The van der Waals surface area contributed by atoms with Crippen LogP contribution in [0.1, 0.15) is 0 Å². The number of rotatable bonds is 4. The van der Waals surface area contributed by atoms with Crippen LogP contribution < -0.4 is 4.90 Å². The van der Waals surface area contributed by atoms with Crippen LogP contribution in [0, 0.1) is 5.82 Å². The first-order valence-corrected chi connectivity index (χ1v) is 8.27. The molecule has 2 amide bonds. The standard InChI is InChI=1S/C19H15FN4O3/c20-14-4-1-2-5-17(14)24-16-7-3-6-15(13(16)12-21-24)23-11-10-22(19(23)27)9-8-18(25)26/h1-9,12H,10-11H2,(H,25,26)/b9-8-. The van der Waals surface area contributed by atoms with E-state index in [1.54, 1.807) is 47.5 Å². The van der Waals surface area contributed by atoms with Gasteiger partial charge in [0.15, 0.2) is 0 Å². The van der Waals surface area contributed by atoms with Gasteiger partial charge in [0.05, 0.1) is 17.4 Å². The number of urea groups is 1. The van der Waals surface area contributed by atoms with Crippen molar-refractivity contribution in [2.24, 2.45) is 0 Å². The summed E-state index contributed by atoms with van der Waals surface area (Å²) in [7, 11) is 0. The maximum atomic E-state index is 14.2. The molecule has 1 fully saturated rings. The maximum Gasteiger partial charge on any atom is 0.329 e. The molecule has 0 saturated carbocycles. The van der Waals surface area contributed by atoms with Crippen LogP contribution >= 0.6 is 0 Å². The Morgan fingerprint density at radius 3 is 2.67 bits per heavy atom. The van der Waals surface area contributed by atoms with Crippen LogP contribution in [0.25, 0.3) is 16.6 Å². The number of aliphatic carboxylic acids is 1. The molecule has 1 aliphatic heterocycles. The fourth-order valence-corrected chi connectivity index (χ4v) is 3.16. The number of halogens is 1. The van der Waals surface area contributed by atoms with Gasteiger partial charge in [-0.25, -0.2) is 18.7 Å². The van der Waals surface area contributed by atoms with Gasteiger partial charge in [0.25, 0.3) is 0 Å². The zero-order valence-electron chi connectivity index (χ0n) is 14.1. The molecule has 1 aromatic heterocycles. The number of hydrogen-bond acceptors (Lipinski definition) is 3. The van der Waals surface area contributed by atoms with E-state index >= 15 is 0 Å². The average Bonchev–Trinajstić information content (AvgIpc) is 3.24. The van der Waals surface area contributed by atoms with E-state index in [0.717, 1.165) is 6.08 Å². The molecule has 0 aliphatic carbocycles. The lowest BCUT2D eigenvalue weighted by Gasteiger charge is -2.17. The predicted octanol–water partition coefficient (Wildman–Crippen LogP) is 3.00. The van der Waals surface area contributed by atoms with Crippen LogP contribution in [0.2, 0.25) is 0 Å². The summed E-state index contributed by atoms with van der Waals surface area (Å²) in [6.07, 6.45) is 3.78. The topological polar surface area (TPSA) is 78.7 Å². The lowest BCUT2D eigenvalue weighted by Crippen LogP contribution is -2.28. The number of fused-ring (bicyclic) bond motifs is 1. The van der Waals surface area contributed by atoms with Crippen LogP contribution in [-0.4, -0.2) is 44.9 Å². The summed E-state index contributed by atoms with van der Waals surface area (Å²) in [5.74, 6) is -1.51. The lowest BCUT2D eigenvalue weighted by atomic mass is 10.2. The lowest BCUT2D eigenvalue weighted by molar-refractivity contribution is -0.131. The van der Waals surface area contributed by atoms with Gasteiger partial charge in [0.2, 0.25) is 0 Å². The molecule has 0 atom stereocenters. The first kappa shape index (κ1) is 16.8. The van der Waals surface area contributed by atoms with E-state index in [0.29, 0.717) is 35.4 Å². The van der Waals surface area contributed by atoms with Gasteiger partial charge in [-0.05, 0) is 24.3 Å². The summed E-state index contributed by atoms with van der Waals surface area (Å²) in [5.41, 5.74) is 1.64. The first-order valence-electron chi connectivity index (χ1n) is 8.27. The van der Waals surface area contributed by atoms with Gasteiger partial charge in [-0.1, -0.05) is 18.2 Å². The molecule has 2 aromatic carbocycles.